The molecular formula is C13H15N3O4. The first-order chi connectivity index (χ1) is 9.67. The van der Waals surface area contributed by atoms with Crippen molar-refractivity contribution in [3.05, 3.63) is 28.8 Å². The summed E-state index contributed by atoms with van der Waals surface area (Å²) in [6, 6.07) is 1.62. The van der Waals surface area contributed by atoms with E-state index in [4.69, 9.17) is 9.47 Å². The Balaban J connectivity index is 2.56. The molecule has 0 atom stereocenters. The van der Waals surface area contributed by atoms with E-state index < -0.39 is 11.5 Å². The molecule has 0 amide bonds. The van der Waals surface area contributed by atoms with Gasteiger partial charge in [-0.2, -0.15) is 0 Å². The minimum absolute atomic E-state index is 0.0442. The SMILES string of the molecule is CCOC(=O)Cn1c(=O)c(OCC)nc2cnccc21. The summed E-state index contributed by atoms with van der Waals surface area (Å²) in [5.41, 5.74) is 0.542. The molecule has 0 aliphatic carbocycles. The maximum atomic E-state index is 12.3. The number of aromatic nitrogens is 3. The van der Waals surface area contributed by atoms with Crippen LogP contribution in [0.3, 0.4) is 0 Å². The van der Waals surface area contributed by atoms with Crippen molar-refractivity contribution in [2.45, 2.75) is 20.4 Å². The fraction of sp³-hybridized carbons (Fsp3) is 0.385. The quantitative estimate of drug-likeness (QED) is 0.750. The van der Waals surface area contributed by atoms with Crippen LogP contribution in [0.5, 0.6) is 5.88 Å². The number of fused-ring (bicyclic) bond motifs is 1. The average molecular weight is 277 g/mol. The lowest BCUT2D eigenvalue weighted by molar-refractivity contribution is -0.143. The molecule has 2 aromatic rings. The van der Waals surface area contributed by atoms with Crippen LogP contribution in [-0.4, -0.2) is 33.7 Å². The van der Waals surface area contributed by atoms with E-state index in [0.717, 1.165) is 0 Å². The van der Waals surface area contributed by atoms with E-state index in [1.54, 1.807) is 19.9 Å². The number of carbonyl (C=O) groups excluding carboxylic acids is 1. The van der Waals surface area contributed by atoms with Crippen molar-refractivity contribution in [3.63, 3.8) is 0 Å². The van der Waals surface area contributed by atoms with E-state index in [1.807, 2.05) is 0 Å². The van der Waals surface area contributed by atoms with Crippen molar-refractivity contribution in [2.24, 2.45) is 0 Å². The van der Waals surface area contributed by atoms with Gasteiger partial charge in [-0.15, -0.1) is 0 Å². The van der Waals surface area contributed by atoms with Gasteiger partial charge in [0, 0.05) is 6.20 Å². The molecule has 2 rings (SSSR count). The van der Waals surface area contributed by atoms with Gasteiger partial charge < -0.3 is 9.47 Å². The number of ether oxygens (including phenoxy) is 2. The second kappa shape index (κ2) is 6.14. The molecular weight excluding hydrogens is 262 g/mol. The molecule has 0 aromatic carbocycles. The van der Waals surface area contributed by atoms with Crippen molar-refractivity contribution in [3.8, 4) is 5.88 Å². The van der Waals surface area contributed by atoms with Gasteiger partial charge >= 0.3 is 11.5 Å². The number of esters is 1. The topological polar surface area (TPSA) is 83.3 Å². The summed E-state index contributed by atoms with van der Waals surface area (Å²) in [4.78, 5) is 31.9. The zero-order valence-electron chi connectivity index (χ0n) is 11.3. The normalized spacial score (nSPS) is 10.5. The van der Waals surface area contributed by atoms with Gasteiger partial charge in [0.2, 0.25) is 0 Å². The molecule has 0 N–H and O–H groups in total. The molecule has 0 aliphatic rings. The summed E-state index contributed by atoms with van der Waals surface area (Å²) >= 11 is 0. The summed E-state index contributed by atoms with van der Waals surface area (Å²) in [6.45, 7) is 3.85. The zero-order chi connectivity index (χ0) is 14.5. The van der Waals surface area contributed by atoms with Gasteiger partial charge in [-0.1, -0.05) is 0 Å². The molecule has 0 bridgehead atoms. The third-order valence-corrected chi connectivity index (χ3v) is 2.59. The molecule has 20 heavy (non-hydrogen) atoms. The van der Waals surface area contributed by atoms with Crippen molar-refractivity contribution in [1.82, 2.24) is 14.5 Å². The zero-order valence-corrected chi connectivity index (χ0v) is 11.3. The molecule has 0 saturated heterocycles. The van der Waals surface area contributed by atoms with Crippen molar-refractivity contribution in [1.29, 1.82) is 0 Å². The van der Waals surface area contributed by atoms with Crippen LogP contribution in [0, 0.1) is 0 Å². The summed E-state index contributed by atoms with van der Waals surface area (Å²) in [7, 11) is 0. The first-order valence-electron chi connectivity index (χ1n) is 6.30. The van der Waals surface area contributed by atoms with Gasteiger partial charge in [0.1, 0.15) is 12.1 Å². The molecule has 0 radical (unpaired) electrons. The van der Waals surface area contributed by atoms with Crippen LogP contribution < -0.4 is 10.3 Å². The second-order valence-corrected chi connectivity index (χ2v) is 3.91. The molecule has 2 heterocycles. The maximum absolute atomic E-state index is 12.3. The minimum Gasteiger partial charge on any atom is -0.474 e. The highest BCUT2D eigenvalue weighted by molar-refractivity contribution is 5.77. The van der Waals surface area contributed by atoms with E-state index in [1.165, 1.54) is 17.0 Å². The summed E-state index contributed by atoms with van der Waals surface area (Å²) in [5.74, 6) is -0.529. The number of carbonyl (C=O) groups is 1. The van der Waals surface area contributed by atoms with E-state index in [9.17, 15) is 9.59 Å². The molecule has 106 valence electrons. The van der Waals surface area contributed by atoms with Crippen LogP contribution in [0.4, 0.5) is 0 Å². The highest BCUT2D eigenvalue weighted by atomic mass is 16.5. The first-order valence-corrected chi connectivity index (χ1v) is 6.30. The summed E-state index contributed by atoms with van der Waals surface area (Å²) in [5, 5.41) is 0. The van der Waals surface area contributed by atoms with E-state index in [0.29, 0.717) is 17.6 Å². The fourth-order valence-electron chi connectivity index (χ4n) is 1.80. The molecule has 0 saturated carbocycles. The third-order valence-electron chi connectivity index (χ3n) is 2.59. The van der Waals surface area contributed by atoms with Crippen LogP contribution in [-0.2, 0) is 16.1 Å². The Labute approximate surface area is 115 Å². The Morgan fingerprint density at radius 2 is 2.15 bits per heavy atom. The highest BCUT2D eigenvalue weighted by Crippen LogP contribution is 2.11. The molecule has 0 spiro atoms. The monoisotopic (exact) mass is 277 g/mol. The van der Waals surface area contributed by atoms with Crippen LogP contribution >= 0.6 is 0 Å². The number of hydrogen-bond donors (Lipinski definition) is 0. The minimum atomic E-state index is -0.485. The van der Waals surface area contributed by atoms with Crippen molar-refractivity contribution >= 4 is 17.0 Å². The van der Waals surface area contributed by atoms with Crippen LogP contribution in [0.2, 0.25) is 0 Å². The summed E-state index contributed by atoms with van der Waals surface area (Å²) < 4.78 is 11.4. The Hall–Kier alpha value is -2.44. The van der Waals surface area contributed by atoms with Gasteiger partial charge in [0.15, 0.2) is 0 Å². The van der Waals surface area contributed by atoms with Crippen molar-refractivity contribution in [2.75, 3.05) is 13.2 Å². The second-order valence-electron chi connectivity index (χ2n) is 3.91. The number of nitrogens with zero attached hydrogens (tertiary/aromatic N) is 3. The number of pyridine rings is 1. The van der Waals surface area contributed by atoms with Gasteiger partial charge in [0.05, 0.1) is 24.9 Å². The Bertz CT molecular complexity index is 681. The standard InChI is InChI=1S/C13H15N3O4/c1-3-19-11(17)8-16-10-5-6-14-7-9(10)15-12(13(16)18)20-4-2/h5-7H,3-4,8H2,1-2H3. The lowest BCUT2D eigenvalue weighted by Gasteiger charge is -2.11. The lowest BCUT2D eigenvalue weighted by atomic mass is 10.3. The van der Waals surface area contributed by atoms with Crippen LogP contribution in [0.15, 0.2) is 23.3 Å². The van der Waals surface area contributed by atoms with Gasteiger partial charge in [-0.25, -0.2) is 4.98 Å². The van der Waals surface area contributed by atoms with E-state index >= 15 is 0 Å². The molecule has 7 nitrogen and oxygen atoms in total. The Kier molecular flexibility index (Phi) is 4.29. The van der Waals surface area contributed by atoms with Crippen LogP contribution in [0.25, 0.3) is 11.0 Å². The summed E-state index contributed by atoms with van der Waals surface area (Å²) in [6.07, 6.45) is 3.05. The van der Waals surface area contributed by atoms with E-state index in [2.05, 4.69) is 9.97 Å². The van der Waals surface area contributed by atoms with Gasteiger partial charge in [-0.3, -0.25) is 19.1 Å². The highest BCUT2D eigenvalue weighted by Gasteiger charge is 2.14. The lowest BCUT2D eigenvalue weighted by Crippen LogP contribution is -2.28. The first kappa shape index (κ1) is 14.0. The molecule has 7 heteroatoms. The largest absolute Gasteiger partial charge is 0.474 e. The predicted octanol–water partition coefficient (Wildman–Crippen LogP) is 0.753. The molecule has 0 fully saturated rings. The van der Waals surface area contributed by atoms with Crippen molar-refractivity contribution < 1.29 is 14.3 Å². The van der Waals surface area contributed by atoms with Gasteiger partial charge in [-0.05, 0) is 19.9 Å². The maximum Gasteiger partial charge on any atom is 0.326 e. The molecule has 2 aromatic heterocycles. The third kappa shape index (κ3) is 2.76. The predicted molar refractivity (Wildman–Crippen MR) is 71.6 cm³/mol. The fourth-order valence-corrected chi connectivity index (χ4v) is 1.80. The smallest absolute Gasteiger partial charge is 0.326 e. The Morgan fingerprint density at radius 3 is 2.85 bits per heavy atom. The molecule has 0 aliphatic heterocycles. The Morgan fingerprint density at radius 1 is 1.35 bits per heavy atom. The van der Waals surface area contributed by atoms with Crippen LogP contribution in [0.1, 0.15) is 13.8 Å². The number of rotatable bonds is 5. The van der Waals surface area contributed by atoms with E-state index in [-0.39, 0.29) is 19.0 Å². The number of hydrogen-bond acceptors (Lipinski definition) is 6. The average Bonchev–Trinajstić information content (AvgIpc) is 2.44. The molecule has 0 unspecified atom stereocenters. The van der Waals surface area contributed by atoms with Gasteiger partial charge in [0.25, 0.3) is 5.88 Å².